The minimum atomic E-state index is -0.479. The van der Waals surface area contributed by atoms with Gasteiger partial charge in [0, 0.05) is 24.4 Å². The monoisotopic (exact) mass is 356 g/mol. The van der Waals surface area contributed by atoms with Crippen molar-refractivity contribution in [3.05, 3.63) is 53.9 Å². The molecule has 136 valence electrons. The van der Waals surface area contributed by atoms with Crippen molar-refractivity contribution < 1.29 is 13.9 Å². The first-order valence-corrected chi connectivity index (χ1v) is 8.14. The molecule has 2 N–H and O–H groups in total. The van der Waals surface area contributed by atoms with Gasteiger partial charge >= 0.3 is 0 Å². The molecule has 3 rings (SSSR count). The second-order valence-corrected chi connectivity index (χ2v) is 6.04. The molecule has 26 heavy (non-hydrogen) atoms. The molecule has 2 heterocycles. The predicted molar refractivity (Wildman–Crippen MR) is 97.6 cm³/mol. The quantitative estimate of drug-likeness (QED) is 0.755. The highest BCUT2D eigenvalue weighted by molar-refractivity contribution is 5.66. The Labute approximate surface area is 151 Å². The average Bonchev–Trinajstić information content (AvgIpc) is 2.95. The molecule has 0 aliphatic carbocycles. The van der Waals surface area contributed by atoms with E-state index in [9.17, 15) is 4.39 Å². The van der Waals surface area contributed by atoms with E-state index in [-0.39, 0.29) is 11.6 Å². The molecular weight excluding hydrogens is 335 g/mol. The van der Waals surface area contributed by atoms with Crippen LogP contribution in [0.1, 0.15) is 24.3 Å². The summed E-state index contributed by atoms with van der Waals surface area (Å²) >= 11 is 0. The van der Waals surface area contributed by atoms with Crippen LogP contribution in [0.4, 0.5) is 10.2 Å². The second-order valence-electron chi connectivity index (χ2n) is 6.04. The topological polar surface area (TPSA) is 75.2 Å². The molecule has 1 aromatic carbocycles. The minimum Gasteiger partial charge on any atom is -0.496 e. The molecule has 6 nitrogen and oxygen atoms in total. The van der Waals surface area contributed by atoms with Gasteiger partial charge in [-0.05, 0) is 38.1 Å². The Morgan fingerprint density at radius 2 is 1.96 bits per heavy atom. The summed E-state index contributed by atoms with van der Waals surface area (Å²) in [4.78, 5) is 8.52. The van der Waals surface area contributed by atoms with E-state index in [4.69, 9.17) is 15.2 Å². The van der Waals surface area contributed by atoms with E-state index in [0.717, 1.165) is 17.0 Å². The van der Waals surface area contributed by atoms with Gasteiger partial charge in [0.25, 0.3) is 0 Å². The summed E-state index contributed by atoms with van der Waals surface area (Å²) in [6.07, 6.45) is 2.94. The molecule has 7 heteroatoms. The van der Waals surface area contributed by atoms with Gasteiger partial charge in [-0.25, -0.2) is 14.4 Å². The first kappa shape index (κ1) is 17.7. The fourth-order valence-electron chi connectivity index (χ4n) is 2.92. The van der Waals surface area contributed by atoms with E-state index in [2.05, 4.69) is 9.97 Å². The third kappa shape index (κ3) is 3.33. The standard InChI is InChI=1S/C19H21FN4O2/c1-11-18(24(3)10-23-11)13-7-17(19(21)22-9-13)26-12(2)15-8-14(20)5-6-16(15)25-4/h5-10,12H,1-4H3,(H2,21,22)/t12-/m1/s1. The van der Waals surface area contributed by atoms with Crippen LogP contribution < -0.4 is 15.2 Å². The number of aryl methyl sites for hydroxylation is 2. The number of hydrogen-bond donors (Lipinski definition) is 1. The lowest BCUT2D eigenvalue weighted by Crippen LogP contribution is -2.08. The number of hydrogen-bond acceptors (Lipinski definition) is 5. The number of anilines is 1. The number of nitrogens with zero attached hydrogens (tertiary/aromatic N) is 3. The Hall–Kier alpha value is -3.09. The Bertz CT molecular complexity index is 920. The van der Waals surface area contributed by atoms with E-state index >= 15 is 0 Å². The highest BCUT2D eigenvalue weighted by Gasteiger charge is 2.17. The van der Waals surface area contributed by atoms with E-state index < -0.39 is 6.10 Å². The van der Waals surface area contributed by atoms with E-state index in [0.29, 0.717) is 17.1 Å². The molecule has 0 spiro atoms. The largest absolute Gasteiger partial charge is 0.496 e. The number of aromatic nitrogens is 3. The number of halogens is 1. The maximum atomic E-state index is 13.6. The number of rotatable bonds is 5. The fraction of sp³-hybridized carbons (Fsp3) is 0.263. The van der Waals surface area contributed by atoms with Gasteiger partial charge in [-0.15, -0.1) is 0 Å². The fourth-order valence-corrected chi connectivity index (χ4v) is 2.92. The third-order valence-electron chi connectivity index (χ3n) is 4.21. The van der Waals surface area contributed by atoms with Gasteiger partial charge in [0.1, 0.15) is 17.7 Å². The molecule has 2 aromatic heterocycles. The minimum absolute atomic E-state index is 0.260. The lowest BCUT2D eigenvalue weighted by atomic mass is 10.1. The van der Waals surface area contributed by atoms with Crippen LogP contribution >= 0.6 is 0 Å². The molecule has 0 amide bonds. The summed E-state index contributed by atoms with van der Waals surface area (Å²) in [7, 11) is 3.44. The summed E-state index contributed by atoms with van der Waals surface area (Å²) in [6.45, 7) is 3.73. The Balaban J connectivity index is 1.95. The molecule has 0 saturated heterocycles. The van der Waals surface area contributed by atoms with Crippen LogP contribution in [0.15, 0.2) is 36.8 Å². The van der Waals surface area contributed by atoms with Crippen molar-refractivity contribution in [2.45, 2.75) is 20.0 Å². The number of methoxy groups -OCH3 is 1. The summed E-state index contributed by atoms with van der Waals surface area (Å²) in [5.74, 6) is 0.864. The average molecular weight is 356 g/mol. The molecule has 1 atom stereocenters. The van der Waals surface area contributed by atoms with Crippen LogP contribution in [0.2, 0.25) is 0 Å². The Kier molecular flexibility index (Phi) is 4.79. The van der Waals surface area contributed by atoms with Crippen LogP contribution in [-0.2, 0) is 7.05 Å². The number of ether oxygens (including phenoxy) is 2. The summed E-state index contributed by atoms with van der Waals surface area (Å²) in [5.41, 5.74) is 9.22. The normalized spacial score (nSPS) is 12.0. The van der Waals surface area contributed by atoms with Gasteiger partial charge < -0.3 is 19.8 Å². The number of nitrogen functional groups attached to an aromatic ring is 1. The van der Waals surface area contributed by atoms with Crippen molar-refractivity contribution in [3.63, 3.8) is 0 Å². The number of nitrogens with two attached hydrogens (primary N) is 1. The number of benzene rings is 1. The summed E-state index contributed by atoms with van der Waals surface area (Å²) in [6, 6.07) is 6.12. The zero-order chi connectivity index (χ0) is 18.8. The second kappa shape index (κ2) is 7.03. The zero-order valence-electron chi connectivity index (χ0n) is 15.2. The highest BCUT2D eigenvalue weighted by atomic mass is 19.1. The van der Waals surface area contributed by atoms with Crippen LogP contribution in [-0.4, -0.2) is 21.6 Å². The van der Waals surface area contributed by atoms with Gasteiger partial charge in [0.05, 0.1) is 24.8 Å². The number of pyridine rings is 1. The van der Waals surface area contributed by atoms with Crippen molar-refractivity contribution in [1.29, 1.82) is 0 Å². The van der Waals surface area contributed by atoms with E-state index in [1.807, 2.05) is 24.6 Å². The van der Waals surface area contributed by atoms with Gasteiger partial charge in [0.15, 0.2) is 11.6 Å². The number of imidazole rings is 1. The van der Waals surface area contributed by atoms with Gasteiger partial charge in [-0.1, -0.05) is 0 Å². The predicted octanol–water partition coefficient (Wildman–Crippen LogP) is 3.66. The first-order chi connectivity index (χ1) is 12.4. The lowest BCUT2D eigenvalue weighted by molar-refractivity contribution is 0.221. The lowest BCUT2D eigenvalue weighted by Gasteiger charge is -2.19. The maximum absolute atomic E-state index is 13.6. The van der Waals surface area contributed by atoms with Crippen LogP contribution in [0.5, 0.6) is 11.5 Å². The van der Waals surface area contributed by atoms with Gasteiger partial charge in [-0.2, -0.15) is 0 Å². The van der Waals surface area contributed by atoms with E-state index in [1.165, 1.54) is 19.2 Å². The first-order valence-electron chi connectivity index (χ1n) is 8.14. The molecule has 0 aliphatic rings. The van der Waals surface area contributed by atoms with E-state index in [1.54, 1.807) is 25.5 Å². The van der Waals surface area contributed by atoms with Crippen LogP contribution in [0, 0.1) is 12.7 Å². The SMILES string of the molecule is COc1ccc(F)cc1[C@@H](C)Oc1cc(-c2c(C)ncn2C)cnc1N. The van der Waals surface area contributed by atoms with Crippen molar-refractivity contribution >= 4 is 5.82 Å². The van der Waals surface area contributed by atoms with Gasteiger partial charge in [0.2, 0.25) is 0 Å². The van der Waals surface area contributed by atoms with Crippen molar-refractivity contribution in [2.24, 2.45) is 7.05 Å². The maximum Gasteiger partial charge on any atom is 0.166 e. The molecule has 0 fully saturated rings. The Morgan fingerprint density at radius 1 is 1.19 bits per heavy atom. The summed E-state index contributed by atoms with van der Waals surface area (Å²) in [5, 5.41) is 0. The van der Waals surface area contributed by atoms with Crippen molar-refractivity contribution in [3.8, 4) is 22.8 Å². The third-order valence-corrected chi connectivity index (χ3v) is 4.21. The van der Waals surface area contributed by atoms with Crippen molar-refractivity contribution in [1.82, 2.24) is 14.5 Å². The molecule has 3 aromatic rings. The smallest absolute Gasteiger partial charge is 0.166 e. The van der Waals surface area contributed by atoms with Crippen LogP contribution in [0.25, 0.3) is 11.3 Å². The summed E-state index contributed by atoms with van der Waals surface area (Å²) < 4.78 is 26.8. The molecule has 0 bridgehead atoms. The molecule has 0 aliphatic heterocycles. The molecule has 0 unspecified atom stereocenters. The molecular formula is C19H21FN4O2. The van der Waals surface area contributed by atoms with Crippen molar-refractivity contribution in [2.75, 3.05) is 12.8 Å². The zero-order valence-corrected chi connectivity index (χ0v) is 15.2. The molecule has 0 radical (unpaired) electrons. The van der Waals surface area contributed by atoms with Gasteiger partial charge in [-0.3, -0.25) is 0 Å². The Morgan fingerprint density at radius 3 is 2.62 bits per heavy atom. The highest BCUT2D eigenvalue weighted by Crippen LogP contribution is 2.34. The van der Waals surface area contributed by atoms with Crippen LogP contribution in [0.3, 0.4) is 0 Å². The molecule has 0 saturated carbocycles.